The Balaban J connectivity index is 0.000000162. The van der Waals surface area contributed by atoms with Crippen LogP contribution in [0.3, 0.4) is 0 Å². The van der Waals surface area contributed by atoms with Crippen LogP contribution in [-0.2, 0) is 25.9 Å². The number of amides is 1. The number of aromatic carboxylic acids is 1. The lowest BCUT2D eigenvalue weighted by atomic mass is 9.98. The van der Waals surface area contributed by atoms with Crippen LogP contribution in [0.2, 0.25) is 0 Å². The highest BCUT2D eigenvalue weighted by molar-refractivity contribution is 5.99. The van der Waals surface area contributed by atoms with Gasteiger partial charge in [-0.05, 0) is 94.0 Å². The van der Waals surface area contributed by atoms with Crippen molar-refractivity contribution in [3.05, 3.63) is 70.0 Å². The van der Waals surface area contributed by atoms with Crippen molar-refractivity contribution < 1.29 is 14.7 Å². The number of hydrogen-bond donors (Lipinski definition) is 3. The van der Waals surface area contributed by atoms with Crippen molar-refractivity contribution in [2.75, 3.05) is 26.2 Å². The van der Waals surface area contributed by atoms with Crippen molar-refractivity contribution in [2.24, 2.45) is 5.92 Å². The maximum Gasteiger partial charge on any atom is 0.335 e. The molecule has 3 N–H and O–H groups in total. The Morgan fingerprint density at radius 3 is 1.70 bits per heavy atom. The molecule has 3 aliphatic rings. The van der Waals surface area contributed by atoms with E-state index in [4.69, 9.17) is 5.11 Å². The summed E-state index contributed by atoms with van der Waals surface area (Å²) < 4.78 is 0. The Bertz CT molecular complexity index is 1670. The molecule has 5 heterocycles. The fraction of sp³-hybridized carbons (Fsp3) is 0.500. The number of carbonyl (C=O) groups is 2. The monoisotopic (exact) mass is 597 g/mol. The van der Waals surface area contributed by atoms with Gasteiger partial charge in [-0.1, -0.05) is 6.92 Å². The van der Waals surface area contributed by atoms with Crippen molar-refractivity contribution >= 4 is 33.7 Å². The fourth-order valence-electron chi connectivity index (χ4n) is 7.01. The minimum atomic E-state index is -0.867. The number of aromatic amines is 2. The van der Waals surface area contributed by atoms with Crippen LogP contribution in [0.15, 0.2) is 36.4 Å². The standard InChI is InChI=1S/C21H29N3O.C15H18N2O2/c1-14(2)24-11-8-20-18(13-24)17-12-16(4-5-19(17)22-20)21(25)23-9-6-15(3)7-10-23;1-9(2)17-6-5-14-12(8-17)11-7-10(15(18)19)3-4-13(11)16-14/h4-5,12,14-15,22H,6-11,13H2,1-3H3;3-4,7,9,16H,5-6,8H2,1-2H3,(H,18,19). The maximum atomic E-state index is 12.9. The van der Waals surface area contributed by atoms with Gasteiger partial charge in [0.05, 0.1) is 5.56 Å². The number of carboxylic acid groups (broad SMARTS) is 1. The lowest BCUT2D eigenvalue weighted by Crippen LogP contribution is -2.37. The molecule has 0 saturated carbocycles. The molecule has 1 amide bonds. The van der Waals surface area contributed by atoms with E-state index in [1.54, 1.807) is 12.1 Å². The van der Waals surface area contributed by atoms with Crippen molar-refractivity contribution in [2.45, 2.75) is 85.5 Å². The van der Waals surface area contributed by atoms with Gasteiger partial charge in [0.1, 0.15) is 0 Å². The molecule has 4 aromatic rings. The summed E-state index contributed by atoms with van der Waals surface area (Å²) in [5.41, 5.74) is 8.66. The number of fused-ring (bicyclic) bond motifs is 6. The molecule has 0 radical (unpaired) electrons. The van der Waals surface area contributed by atoms with Crippen molar-refractivity contribution in [3.8, 4) is 0 Å². The molecule has 44 heavy (non-hydrogen) atoms. The van der Waals surface area contributed by atoms with E-state index >= 15 is 0 Å². The van der Waals surface area contributed by atoms with Crippen LogP contribution in [0.5, 0.6) is 0 Å². The Kier molecular flexibility index (Phi) is 8.57. The summed E-state index contributed by atoms with van der Waals surface area (Å²) >= 11 is 0. The summed E-state index contributed by atoms with van der Waals surface area (Å²) in [5, 5.41) is 11.4. The van der Waals surface area contributed by atoms with Gasteiger partial charge < -0.3 is 20.0 Å². The SMILES string of the molecule is CC(C)N1CCc2[nH]c3ccc(C(=O)O)cc3c2C1.CC1CCN(C(=O)c2ccc3[nH]c4c(c3c2)CN(C(C)C)CC4)CC1. The number of nitrogens with one attached hydrogen (secondary N) is 2. The van der Waals surface area contributed by atoms with E-state index < -0.39 is 5.97 Å². The third-order valence-corrected chi connectivity index (χ3v) is 10.0. The third kappa shape index (κ3) is 6.02. The second-order valence-electron chi connectivity index (χ2n) is 13.6. The first-order valence-corrected chi connectivity index (χ1v) is 16.4. The van der Waals surface area contributed by atoms with E-state index in [1.807, 2.05) is 17.0 Å². The van der Waals surface area contributed by atoms with Crippen LogP contribution in [0.4, 0.5) is 0 Å². The highest BCUT2D eigenvalue weighted by Crippen LogP contribution is 2.31. The Hall–Kier alpha value is -3.62. The number of benzene rings is 2. The molecular formula is C36H47N5O3. The molecule has 2 aromatic carbocycles. The van der Waals surface area contributed by atoms with Crippen LogP contribution in [0.1, 0.15) is 90.7 Å². The fourth-order valence-corrected chi connectivity index (χ4v) is 7.01. The average Bonchev–Trinajstić information content (AvgIpc) is 3.57. The molecule has 0 spiro atoms. The number of aromatic nitrogens is 2. The zero-order valence-corrected chi connectivity index (χ0v) is 26.9. The zero-order chi connectivity index (χ0) is 31.1. The molecular weight excluding hydrogens is 550 g/mol. The van der Waals surface area contributed by atoms with Gasteiger partial charge in [-0.25, -0.2) is 4.79 Å². The van der Waals surface area contributed by atoms with E-state index in [0.717, 1.165) is 87.3 Å². The van der Waals surface area contributed by atoms with E-state index in [2.05, 4.69) is 66.5 Å². The van der Waals surface area contributed by atoms with Crippen LogP contribution in [0.25, 0.3) is 21.8 Å². The number of hydrogen-bond acceptors (Lipinski definition) is 4. The minimum Gasteiger partial charge on any atom is -0.478 e. The van der Waals surface area contributed by atoms with Crippen LogP contribution in [-0.4, -0.2) is 79.9 Å². The quantitative estimate of drug-likeness (QED) is 0.252. The number of likely N-dealkylation sites (tertiary alicyclic amines) is 1. The summed E-state index contributed by atoms with van der Waals surface area (Å²) in [6, 6.07) is 12.6. The van der Waals surface area contributed by atoms with Gasteiger partial charge in [0.2, 0.25) is 0 Å². The summed E-state index contributed by atoms with van der Waals surface area (Å²) in [6.07, 6.45) is 4.31. The number of carbonyl (C=O) groups excluding carboxylic acids is 1. The Morgan fingerprint density at radius 1 is 0.750 bits per heavy atom. The summed E-state index contributed by atoms with van der Waals surface area (Å²) in [7, 11) is 0. The van der Waals surface area contributed by atoms with Crippen LogP contribution in [0, 0.1) is 5.92 Å². The molecule has 3 aliphatic heterocycles. The Morgan fingerprint density at radius 2 is 1.23 bits per heavy atom. The minimum absolute atomic E-state index is 0.195. The number of H-pyrrole nitrogens is 2. The van der Waals surface area contributed by atoms with Gasteiger partial charge in [0, 0.05) is 103 Å². The summed E-state index contributed by atoms with van der Waals surface area (Å²) in [5.74, 6) is 0.0684. The highest BCUT2D eigenvalue weighted by Gasteiger charge is 2.26. The first-order chi connectivity index (χ1) is 21.1. The predicted molar refractivity (Wildman–Crippen MR) is 176 cm³/mol. The maximum absolute atomic E-state index is 12.9. The van der Waals surface area contributed by atoms with E-state index in [-0.39, 0.29) is 5.91 Å². The largest absolute Gasteiger partial charge is 0.478 e. The zero-order valence-electron chi connectivity index (χ0n) is 26.9. The van der Waals surface area contributed by atoms with Crippen LogP contribution >= 0.6 is 0 Å². The predicted octanol–water partition coefficient (Wildman–Crippen LogP) is 6.44. The highest BCUT2D eigenvalue weighted by atomic mass is 16.4. The number of carboxylic acids is 1. The van der Waals surface area contributed by atoms with Gasteiger partial charge in [-0.3, -0.25) is 14.6 Å². The van der Waals surface area contributed by atoms with E-state index in [1.165, 1.54) is 33.4 Å². The topological polar surface area (TPSA) is 95.7 Å². The van der Waals surface area contributed by atoms with Gasteiger partial charge in [0.25, 0.3) is 5.91 Å². The smallest absolute Gasteiger partial charge is 0.335 e. The van der Waals surface area contributed by atoms with Crippen molar-refractivity contribution in [1.29, 1.82) is 0 Å². The molecule has 2 aromatic heterocycles. The molecule has 0 unspecified atom stereocenters. The summed E-state index contributed by atoms with van der Waals surface area (Å²) in [6.45, 7) is 17.0. The summed E-state index contributed by atoms with van der Waals surface area (Å²) in [4.78, 5) is 38.0. The molecule has 234 valence electrons. The average molecular weight is 598 g/mol. The van der Waals surface area contributed by atoms with Gasteiger partial charge in [-0.2, -0.15) is 0 Å². The lowest BCUT2D eigenvalue weighted by Gasteiger charge is -2.31. The van der Waals surface area contributed by atoms with E-state index in [0.29, 0.717) is 17.6 Å². The molecule has 7 rings (SSSR count). The number of piperidine rings is 1. The molecule has 8 nitrogen and oxygen atoms in total. The third-order valence-electron chi connectivity index (χ3n) is 10.0. The molecule has 0 atom stereocenters. The van der Waals surface area contributed by atoms with Gasteiger partial charge >= 0.3 is 5.97 Å². The number of rotatable bonds is 4. The first kappa shape index (κ1) is 30.4. The van der Waals surface area contributed by atoms with E-state index in [9.17, 15) is 9.59 Å². The number of nitrogens with zero attached hydrogens (tertiary/aromatic N) is 3. The van der Waals surface area contributed by atoms with Gasteiger partial charge in [-0.15, -0.1) is 0 Å². The lowest BCUT2D eigenvalue weighted by molar-refractivity contribution is 0.0688. The Labute approximate surface area is 260 Å². The molecule has 1 fully saturated rings. The molecule has 0 aliphatic carbocycles. The van der Waals surface area contributed by atoms with Crippen molar-refractivity contribution in [3.63, 3.8) is 0 Å². The van der Waals surface area contributed by atoms with Gasteiger partial charge in [0.15, 0.2) is 0 Å². The molecule has 1 saturated heterocycles. The van der Waals surface area contributed by atoms with Crippen molar-refractivity contribution in [1.82, 2.24) is 24.7 Å². The molecule has 8 heteroatoms. The second-order valence-corrected chi connectivity index (χ2v) is 13.6. The second kappa shape index (κ2) is 12.4. The molecule has 0 bridgehead atoms. The first-order valence-electron chi connectivity index (χ1n) is 16.4. The normalized spacial score (nSPS) is 18.0. The van der Waals surface area contributed by atoms with Crippen LogP contribution < -0.4 is 0 Å².